The van der Waals surface area contributed by atoms with Gasteiger partial charge in [-0.05, 0) is 17.7 Å². The molecule has 8 heteroatoms. The van der Waals surface area contributed by atoms with Crippen molar-refractivity contribution in [3.63, 3.8) is 0 Å². The molecule has 0 saturated carbocycles. The van der Waals surface area contributed by atoms with Crippen LogP contribution in [0.5, 0.6) is 0 Å². The Morgan fingerprint density at radius 1 is 1.35 bits per heavy atom. The van der Waals surface area contributed by atoms with E-state index in [1.54, 1.807) is 18.3 Å². The zero-order valence-corrected chi connectivity index (χ0v) is 12.7. The third-order valence-corrected chi connectivity index (χ3v) is 6.63. The molecule has 0 unspecified atom stereocenters. The first-order chi connectivity index (χ1) is 9.44. The Morgan fingerprint density at radius 3 is 2.75 bits per heavy atom. The molecule has 3 rings (SSSR count). The number of rotatable bonds is 2. The number of nitrogens with one attached hydrogen (secondary N) is 1. The van der Waals surface area contributed by atoms with Crippen LogP contribution in [0.4, 0.5) is 0 Å². The van der Waals surface area contributed by atoms with Crippen molar-refractivity contribution >= 4 is 44.6 Å². The van der Waals surface area contributed by atoms with Gasteiger partial charge in [-0.25, -0.2) is 13.4 Å². The molecule has 0 amide bonds. The highest BCUT2D eigenvalue weighted by atomic mass is 35.5. The van der Waals surface area contributed by atoms with E-state index in [1.165, 1.54) is 16.8 Å². The minimum Gasteiger partial charge on any atom is -0.277 e. The molecule has 0 aliphatic carbocycles. The summed E-state index contributed by atoms with van der Waals surface area (Å²) in [5, 5.41) is 14.5. The van der Waals surface area contributed by atoms with E-state index in [4.69, 9.17) is 17.0 Å². The lowest BCUT2D eigenvalue weighted by Gasteiger charge is -2.17. The second kappa shape index (κ2) is 5.05. The number of amidine groups is 1. The molecule has 20 heavy (non-hydrogen) atoms. The number of hydrogen-bond acceptors (Lipinski definition) is 5. The summed E-state index contributed by atoms with van der Waals surface area (Å²) < 4.78 is 23.3. The van der Waals surface area contributed by atoms with Crippen molar-refractivity contribution in [2.24, 2.45) is 5.10 Å². The summed E-state index contributed by atoms with van der Waals surface area (Å²) in [7, 11) is -3.00. The van der Waals surface area contributed by atoms with E-state index in [1.807, 2.05) is 12.1 Å². The van der Waals surface area contributed by atoms with Gasteiger partial charge in [0.15, 0.2) is 15.0 Å². The van der Waals surface area contributed by atoms with Crippen molar-refractivity contribution in [2.75, 3.05) is 11.5 Å². The van der Waals surface area contributed by atoms with Crippen molar-refractivity contribution in [3.05, 3.63) is 34.9 Å². The highest BCUT2D eigenvalue weighted by Crippen LogP contribution is 2.37. The van der Waals surface area contributed by atoms with Crippen molar-refractivity contribution in [3.8, 4) is 0 Å². The van der Waals surface area contributed by atoms with E-state index in [-0.39, 0.29) is 22.8 Å². The standard InChI is InChI=1S/C12H12ClN3O2S2/c13-9-3-1-8(2-4-9)5-15-16-10-6-20(17,18)7-11(10)19-12(16)14/h1-5,10-11,14H,6-7H2/b14-12?,15-5-/t10-,11+/m1/s1. The minimum absolute atomic E-state index is 0.0742. The molecular formula is C12H12ClN3O2S2. The number of nitrogens with zero attached hydrogens (tertiary/aromatic N) is 2. The summed E-state index contributed by atoms with van der Waals surface area (Å²) >= 11 is 7.09. The molecule has 2 aliphatic heterocycles. The SMILES string of the molecule is N=C1S[C@H]2CS(=O)(=O)C[C@H]2N1/N=C\c1ccc(Cl)cc1. The molecule has 2 aliphatic rings. The molecule has 1 aromatic carbocycles. The number of halogens is 1. The number of hydrogen-bond donors (Lipinski definition) is 1. The van der Waals surface area contributed by atoms with Crippen molar-refractivity contribution < 1.29 is 8.42 Å². The van der Waals surface area contributed by atoms with Gasteiger partial charge >= 0.3 is 0 Å². The van der Waals surface area contributed by atoms with Crippen molar-refractivity contribution in [1.82, 2.24) is 5.01 Å². The van der Waals surface area contributed by atoms with Crippen LogP contribution in [-0.2, 0) is 9.84 Å². The predicted molar refractivity (Wildman–Crippen MR) is 82.4 cm³/mol. The fourth-order valence-corrected chi connectivity index (χ4v) is 6.14. The van der Waals surface area contributed by atoms with Gasteiger partial charge in [-0.1, -0.05) is 35.5 Å². The lowest BCUT2D eigenvalue weighted by atomic mass is 10.2. The van der Waals surface area contributed by atoms with Gasteiger partial charge in [0.1, 0.15) is 0 Å². The van der Waals surface area contributed by atoms with E-state index in [0.717, 1.165) is 5.56 Å². The second-order valence-electron chi connectivity index (χ2n) is 4.75. The maximum absolute atomic E-state index is 11.6. The fourth-order valence-electron chi connectivity index (χ4n) is 2.30. The van der Waals surface area contributed by atoms with Gasteiger partial charge in [-0.3, -0.25) is 5.41 Å². The molecular weight excluding hydrogens is 318 g/mol. The molecule has 2 atom stereocenters. The minimum atomic E-state index is -3.00. The molecule has 0 aromatic heterocycles. The van der Waals surface area contributed by atoms with Gasteiger partial charge < -0.3 is 0 Å². The van der Waals surface area contributed by atoms with Crippen LogP contribution in [-0.4, -0.2) is 47.6 Å². The van der Waals surface area contributed by atoms with Crippen molar-refractivity contribution in [1.29, 1.82) is 5.41 Å². The zero-order chi connectivity index (χ0) is 14.3. The Balaban J connectivity index is 1.79. The zero-order valence-electron chi connectivity index (χ0n) is 10.4. The van der Waals surface area contributed by atoms with Gasteiger partial charge in [0, 0.05) is 10.3 Å². The van der Waals surface area contributed by atoms with Crippen LogP contribution in [0, 0.1) is 5.41 Å². The topological polar surface area (TPSA) is 73.6 Å². The quantitative estimate of drug-likeness (QED) is 0.840. The van der Waals surface area contributed by atoms with Gasteiger partial charge in [0.25, 0.3) is 0 Å². The lowest BCUT2D eigenvalue weighted by Crippen LogP contribution is -2.32. The summed E-state index contributed by atoms with van der Waals surface area (Å²) in [6.07, 6.45) is 1.62. The lowest BCUT2D eigenvalue weighted by molar-refractivity contribution is 0.376. The van der Waals surface area contributed by atoms with E-state index in [0.29, 0.717) is 10.2 Å². The molecule has 1 N–H and O–H groups in total. The largest absolute Gasteiger partial charge is 0.277 e. The Kier molecular flexibility index (Phi) is 3.51. The molecule has 1 aromatic rings. The first kappa shape index (κ1) is 13.9. The van der Waals surface area contributed by atoms with Crippen molar-refractivity contribution in [2.45, 2.75) is 11.3 Å². The summed E-state index contributed by atoms with van der Waals surface area (Å²) in [6.45, 7) is 0. The van der Waals surface area contributed by atoms with Crippen LogP contribution < -0.4 is 0 Å². The number of thioether (sulfide) groups is 1. The first-order valence-electron chi connectivity index (χ1n) is 5.99. The van der Waals surface area contributed by atoms with Gasteiger partial charge in [-0.15, -0.1) is 0 Å². The Labute approximate surface area is 126 Å². The summed E-state index contributed by atoms with van der Waals surface area (Å²) in [6, 6.07) is 6.94. The Hall–Kier alpha value is -1.05. The van der Waals surface area contributed by atoms with Crippen LogP contribution >= 0.6 is 23.4 Å². The maximum Gasteiger partial charge on any atom is 0.177 e. The third kappa shape index (κ3) is 2.70. The highest BCUT2D eigenvalue weighted by Gasteiger charge is 2.48. The molecule has 0 radical (unpaired) electrons. The number of benzene rings is 1. The van der Waals surface area contributed by atoms with Gasteiger partial charge in [-0.2, -0.15) is 5.10 Å². The third-order valence-electron chi connectivity index (χ3n) is 3.26. The summed E-state index contributed by atoms with van der Waals surface area (Å²) in [4.78, 5) is 0. The predicted octanol–water partition coefficient (Wildman–Crippen LogP) is 1.82. The first-order valence-corrected chi connectivity index (χ1v) is 9.07. The van der Waals surface area contributed by atoms with Crippen LogP contribution in [0.15, 0.2) is 29.4 Å². The monoisotopic (exact) mass is 329 g/mol. The molecule has 2 fully saturated rings. The van der Waals surface area contributed by atoms with Crippen LogP contribution in [0.2, 0.25) is 5.02 Å². The van der Waals surface area contributed by atoms with E-state index in [2.05, 4.69) is 5.10 Å². The van der Waals surface area contributed by atoms with Crippen LogP contribution in [0.3, 0.4) is 0 Å². The highest BCUT2D eigenvalue weighted by molar-refractivity contribution is 8.15. The maximum atomic E-state index is 11.6. The Bertz CT molecular complexity index is 672. The molecule has 2 saturated heterocycles. The van der Waals surface area contributed by atoms with Gasteiger partial charge in [0.05, 0.1) is 23.8 Å². The number of sulfone groups is 1. The summed E-state index contributed by atoms with van der Waals surface area (Å²) in [5.74, 6) is 0.211. The normalized spacial score (nSPS) is 28.2. The van der Waals surface area contributed by atoms with E-state index in [9.17, 15) is 8.42 Å². The summed E-state index contributed by atoms with van der Waals surface area (Å²) in [5.41, 5.74) is 0.858. The number of hydrazone groups is 1. The molecule has 5 nitrogen and oxygen atoms in total. The van der Waals surface area contributed by atoms with Gasteiger partial charge in [0.2, 0.25) is 0 Å². The van der Waals surface area contributed by atoms with Crippen LogP contribution in [0.1, 0.15) is 5.56 Å². The van der Waals surface area contributed by atoms with Crippen LogP contribution in [0.25, 0.3) is 0 Å². The molecule has 2 heterocycles. The molecule has 106 valence electrons. The smallest absolute Gasteiger partial charge is 0.177 e. The molecule has 0 bridgehead atoms. The Morgan fingerprint density at radius 2 is 2.05 bits per heavy atom. The second-order valence-corrected chi connectivity index (χ2v) is 8.56. The van der Waals surface area contributed by atoms with E-state index >= 15 is 0 Å². The average Bonchev–Trinajstić information content (AvgIpc) is 2.80. The average molecular weight is 330 g/mol. The molecule has 0 spiro atoms. The number of fused-ring (bicyclic) bond motifs is 1. The fraction of sp³-hybridized carbons (Fsp3) is 0.333. The van der Waals surface area contributed by atoms with E-state index < -0.39 is 9.84 Å².